The van der Waals surface area contributed by atoms with Crippen LogP contribution in [0.25, 0.3) is 10.9 Å². The van der Waals surface area contributed by atoms with Crippen molar-refractivity contribution in [3.63, 3.8) is 0 Å². The number of benzene rings is 1. The second kappa shape index (κ2) is 6.34. The Balaban J connectivity index is 1.78. The molecule has 0 unspecified atom stereocenters. The molecule has 3 rings (SSSR count). The van der Waals surface area contributed by atoms with E-state index in [1.54, 1.807) is 7.11 Å². The van der Waals surface area contributed by atoms with Crippen LogP contribution in [0.5, 0.6) is 0 Å². The molecule has 23 heavy (non-hydrogen) atoms. The number of rotatable bonds is 4. The number of hydrogen-bond acceptors (Lipinski definition) is 3. The number of H-pyrrole nitrogens is 1. The van der Waals surface area contributed by atoms with Gasteiger partial charge in [0.2, 0.25) is 0 Å². The van der Waals surface area contributed by atoms with Gasteiger partial charge in [-0.1, -0.05) is 18.2 Å². The first-order valence-electron chi connectivity index (χ1n) is 8.07. The topological polar surface area (TPSA) is 48.6 Å². The Labute approximate surface area is 137 Å². The molecule has 1 N–H and O–H groups in total. The molecule has 1 fully saturated rings. The first-order chi connectivity index (χ1) is 11.0. The number of carbonyl (C=O) groups is 1. The van der Waals surface area contributed by atoms with Crippen LogP contribution in [-0.2, 0) is 4.74 Å². The smallest absolute Gasteiger partial charge is 0.256 e. The number of fused-ring (bicyclic) bond motifs is 1. The summed E-state index contributed by atoms with van der Waals surface area (Å²) in [5.41, 5.74) is 2.73. The van der Waals surface area contributed by atoms with Crippen molar-refractivity contribution >= 4 is 16.8 Å². The van der Waals surface area contributed by atoms with E-state index in [1.807, 2.05) is 43.1 Å². The molecule has 0 saturated carbocycles. The molecule has 2 heterocycles. The summed E-state index contributed by atoms with van der Waals surface area (Å²) in [5.74, 6) is 0.0780. The van der Waals surface area contributed by atoms with Crippen LogP contribution >= 0.6 is 0 Å². The van der Waals surface area contributed by atoms with Gasteiger partial charge in [0, 0.05) is 49.9 Å². The number of aromatic amines is 1. The quantitative estimate of drug-likeness (QED) is 0.941. The van der Waals surface area contributed by atoms with E-state index < -0.39 is 0 Å². The number of likely N-dealkylation sites (tertiary alicyclic amines) is 1. The lowest BCUT2D eigenvalue weighted by atomic mass is 10.1. The molecule has 0 spiro atoms. The van der Waals surface area contributed by atoms with Gasteiger partial charge in [-0.15, -0.1) is 0 Å². The Bertz CT molecular complexity index is 709. The SMILES string of the molecule is CO[C@H]1C[C@@H](CN(C)C(=O)c2c(C)[nH]c3ccccc23)N(C)C1. The molecule has 0 radical (unpaired) electrons. The molecule has 5 heteroatoms. The van der Waals surface area contributed by atoms with Crippen LogP contribution < -0.4 is 0 Å². The van der Waals surface area contributed by atoms with E-state index in [2.05, 4.69) is 16.9 Å². The summed E-state index contributed by atoms with van der Waals surface area (Å²) in [6.07, 6.45) is 1.24. The summed E-state index contributed by atoms with van der Waals surface area (Å²) >= 11 is 0. The van der Waals surface area contributed by atoms with Gasteiger partial charge in [0.15, 0.2) is 0 Å². The van der Waals surface area contributed by atoms with Crippen LogP contribution in [0, 0.1) is 6.92 Å². The zero-order chi connectivity index (χ0) is 16.6. The summed E-state index contributed by atoms with van der Waals surface area (Å²) in [7, 11) is 5.74. The minimum Gasteiger partial charge on any atom is -0.380 e. The molecule has 2 atom stereocenters. The summed E-state index contributed by atoms with van der Waals surface area (Å²) < 4.78 is 5.45. The maximum atomic E-state index is 12.9. The van der Waals surface area contributed by atoms with Gasteiger partial charge >= 0.3 is 0 Å². The average Bonchev–Trinajstić information content (AvgIpc) is 3.05. The van der Waals surface area contributed by atoms with E-state index in [0.29, 0.717) is 12.6 Å². The van der Waals surface area contributed by atoms with Gasteiger partial charge in [-0.05, 0) is 26.5 Å². The van der Waals surface area contributed by atoms with E-state index >= 15 is 0 Å². The van der Waals surface area contributed by atoms with Crippen LogP contribution in [0.2, 0.25) is 0 Å². The summed E-state index contributed by atoms with van der Waals surface area (Å²) in [6.45, 7) is 3.60. The van der Waals surface area contributed by atoms with Crippen LogP contribution in [0.1, 0.15) is 22.5 Å². The number of aryl methyl sites for hydroxylation is 1. The van der Waals surface area contributed by atoms with Crippen molar-refractivity contribution in [2.24, 2.45) is 0 Å². The Morgan fingerprint density at radius 3 is 2.87 bits per heavy atom. The fraction of sp³-hybridized carbons (Fsp3) is 0.500. The molecule has 1 amide bonds. The van der Waals surface area contributed by atoms with Crippen molar-refractivity contribution in [3.8, 4) is 0 Å². The van der Waals surface area contributed by atoms with Crippen LogP contribution in [0.3, 0.4) is 0 Å². The van der Waals surface area contributed by atoms with Gasteiger partial charge < -0.3 is 14.6 Å². The minimum absolute atomic E-state index is 0.0780. The predicted octanol–water partition coefficient (Wildman–Crippen LogP) is 2.27. The van der Waals surface area contributed by atoms with Crippen molar-refractivity contribution in [2.75, 3.05) is 34.3 Å². The van der Waals surface area contributed by atoms with E-state index in [9.17, 15) is 4.79 Å². The Morgan fingerprint density at radius 1 is 1.43 bits per heavy atom. The number of nitrogens with one attached hydrogen (secondary N) is 1. The number of hydrogen-bond donors (Lipinski definition) is 1. The second-order valence-electron chi connectivity index (χ2n) is 6.54. The highest BCUT2D eigenvalue weighted by molar-refractivity contribution is 6.08. The lowest BCUT2D eigenvalue weighted by molar-refractivity contribution is 0.0761. The third-order valence-electron chi connectivity index (χ3n) is 4.92. The molecular weight excluding hydrogens is 290 g/mol. The molecule has 2 aromatic rings. The monoisotopic (exact) mass is 315 g/mol. The van der Waals surface area contributed by atoms with Crippen molar-refractivity contribution < 1.29 is 9.53 Å². The van der Waals surface area contributed by atoms with Crippen molar-refractivity contribution in [3.05, 3.63) is 35.5 Å². The van der Waals surface area contributed by atoms with Gasteiger partial charge in [0.25, 0.3) is 5.91 Å². The number of carbonyl (C=O) groups excluding carboxylic acids is 1. The van der Waals surface area contributed by atoms with Crippen LogP contribution in [0.4, 0.5) is 0 Å². The normalized spacial score (nSPS) is 21.9. The standard InChI is InChI=1S/C18H25N3O2/c1-12-17(15-7-5-6-8-16(15)19-12)18(22)21(3)10-13-9-14(23-4)11-20(13)2/h5-8,13-14,19H,9-11H2,1-4H3/t13-,14-/m0/s1. The third-order valence-corrected chi connectivity index (χ3v) is 4.92. The number of nitrogens with zero attached hydrogens (tertiary/aromatic N) is 2. The minimum atomic E-state index is 0.0780. The van der Waals surface area contributed by atoms with Crippen LogP contribution in [-0.4, -0.2) is 67.1 Å². The number of likely N-dealkylation sites (N-methyl/N-ethyl adjacent to an activating group) is 2. The first kappa shape index (κ1) is 16.0. The lowest BCUT2D eigenvalue weighted by Crippen LogP contribution is -2.39. The molecule has 0 bridgehead atoms. The number of amides is 1. The fourth-order valence-corrected chi connectivity index (χ4v) is 3.56. The van der Waals surface area contributed by atoms with E-state index in [-0.39, 0.29) is 12.0 Å². The zero-order valence-electron chi connectivity index (χ0n) is 14.3. The van der Waals surface area contributed by atoms with Crippen molar-refractivity contribution in [1.82, 2.24) is 14.8 Å². The number of aromatic nitrogens is 1. The molecule has 1 saturated heterocycles. The second-order valence-corrected chi connectivity index (χ2v) is 6.54. The van der Waals surface area contributed by atoms with Gasteiger partial charge in [0.05, 0.1) is 11.7 Å². The van der Waals surface area contributed by atoms with E-state index in [4.69, 9.17) is 4.74 Å². The fourth-order valence-electron chi connectivity index (χ4n) is 3.56. The van der Waals surface area contributed by atoms with Crippen molar-refractivity contribution in [2.45, 2.75) is 25.5 Å². The molecule has 1 aliphatic heterocycles. The maximum Gasteiger partial charge on any atom is 0.256 e. The molecule has 1 aromatic carbocycles. The van der Waals surface area contributed by atoms with Crippen molar-refractivity contribution in [1.29, 1.82) is 0 Å². The molecule has 0 aliphatic carbocycles. The summed E-state index contributed by atoms with van der Waals surface area (Å²) in [6, 6.07) is 8.31. The summed E-state index contributed by atoms with van der Waals surface area (Å²) in [4.78, 5) is 20.4. The highest BCUT2D eigenvalue weighted by Gasteiger charge is 2.31. The van der Waals surface area contributed by atoms with Gasteiger partial charge in [-0.25, -0.2) is 0 Å². The predicted molar refractivity (Wildman–Crippen MR) is 91.8 cm³/mol. The number of para-hydroxylation sites is 1. The highest BCUT2D eigenvalue weighted by atomic mass is 16.5. The third kappa shape index (κ3) is 2.99. The molecule has 1 aliphatic rings. The number of methoxy groups -OCH3 is 1. The largest absolute Gasteiger partial charge is 0.380 e. The average molecular weight is 315 g/mol. The molecule has 124 valence electrons. The van der Waals surface area contributed by atoms with Gasteiger partial charge in [0.1, 0.15) is 0 Å². The zero-order valence-corrected chi connectivity index (χ0v) is 14.3. The molecule has 1 aromatic heterocycles. The van der Waals surface area contributed by atoms with E-state index in [0.717, 1.165) is 35.1 Å². The van der Waals surface area contributed by atoms with Crippen LogP contribution in [0.15, 0.2) is 24.3 Å². The lowest BCUT2D eigenvalue weighted by Gasteiger charge is -2.25. The first-order valence-corrected chi connectivity index (χ1v) is 8.07. The van der Waals surface area contributed by atoms with E-state index in [1.165, 1.54) is 0 Å². The molecule has 5 nitrogen and oxygen atoms in total. The Hall–Kier alpha value is -1.85. The Morgan fingerprint density at radius 2 is 2.17 bits per heavy atom. The maximum absolute atomic E-state index is 12.9. The number of ether oxygens (including phenoxy) is 1. The Kier molecular flexibility index (Phi) is 4.41. The molecular formula is C18H25N3O2. The van der Waals surface area contributed by atoms with Gasteiger partial charge in [-0.2, -0.15) is 0 Å². The highest BCUT2D eigenvalue weighted by Crippen LogP contribution is 2.24. The van der Waals surface area contributed by atoms with Gasteiger partial charge in [-0.3, -0.25) is 9.69 Å². The summed E-state index contributed by atoms with van der Waals surface area (Å²) in [5, 5.41) is 0.997.